The van der Waals surface area contributed by atoms with E-state index in [0.717, 1.165) is 15.1 Å². The number of thiophene rings is 1. The topological polar surface area (TPSA) is 47.0 Å². The molecule has 0 aliphatic carbocycles. The highest BCUT2D eigenvalue weighted by atomic mass is 32.1. The highest BCUT2D eigenvalue weighted by molar-refractivity contribution is 7.18. The zero-order chi connectivity index (χ0) is 14.0. The molecule has 0 aliphatic heterocycles. The van der Waals surface area contributed by atoms with Crippen LogP contribution in [0.1, 0.15) is 10.7 Å². The van der Waals surface area contributed by atoms with Crippen molar-refractivity contribution in [3.63, 3.8) is 0 Å². The molecule has 2 aromatic rings. The van der Waals surface area contributed by atoms with Crippen molar-refractivity contribution in [1.82, 2.24) is 9.97 Å². The average Bonchev–Trinajstić information content (AvgIpc) is 2.66. The van der Waals surface area contributed by atoms with Gasteiger partial charge >= 0.3 is 6.18 Å². The van der Waals surface area contributed by atoms with E-state index in [1.54, 1.807) is 7.05 Å². The molecule has 0 bridgehead atoms. The zero-order valence-corrected chi connectivity index (χ0v) is 11.2. The summed E-state index contributed by atoms with van der Waals surface area (Å²) in [6, 6.07) is 1.94. The lowest BCUT2D eigenvalue weighted by Crippen LogP contribution is -2.17. The number of aryl methyl sites for hydroxylation is 1. The quantitative estimate of drug-likeness (QED) is 0.940. The van der Waals surface area contributed by atoms with Gasteiger partial charge in [0.2, 0.25) is 0 Å². The summed E-state index contributed by atoms with van der Waals surface area (Å²) in [6.45, 7) is 0.374. The normalized spacial score (nSPS) is 12.1. The Morgan fingerprint density at radius 3 is 2.74 bits per heavy atom. The van der Waals surface area contributed by atoms with Crippen LogP contribution in [0.25, 0.3) is 10.2 Å². The molecule has 0 spiro atoms. The summed E-state index contributed by atoms with van der Waals surface area (Å²) in [5.74, 6) is 0.836. The summed E-state index contributed by atoms with van der Waals surface area (Å²) < 4.78 is 40.5. The third kappa shape index (κ3) is 3.54. The van der Waals surface area contributed by atoms with Crippen molar-refractivity contribution in [3.8, 4) is 0 Å². The Bertz CT molecular complexity index is 582. The number of hydrogen-bond donors (Lipinski definition) is 1. The Balaban J connectivity index is 2.19. The van der Waals surface area contributed by atoms with E-state index >= 15 is 0 Å². The first-order valence-electron chi connectivity index (χ1n) is 5.48. The summed E-state index contributed by atoms with van der Waals surface area (Å²) >= 11 is 1.47. The SMILES string of the molecule is CNc1nc(COCC(F)(F)F)nc2sc(C)cc12. The molecule has 0 amide bonds. The van der Waals surface area contributed by atoms with Crippen molar-refractivity contribution in [1.29, 1.82) is 0 Å². The van der Waals surface area contributed by atoms with Crippen LogP contribution in [0.4, 0.5) is 19.0 Å². The van der Waals surface area contributed by atoms with Gasteiger partial charge in [-0.25, -0.2) is 9.97 Å². The molecular formula is C11H12F3N3OS. The van der Waals surface area contributed by atoms with E-state index in [2.05, 4.69) is 20.0 Å². The van der Waals surface area contributed by atoms with Crippen molar-refractivity contribution < 1.29 is 17.9 Å². The van der Waals surface area contributed by atoms with Gasteiger partial charge in [-0.3, -0.25) is 0 Å². The zero-order valence-electron chi connectivity index (χ0n) is 10.3. The first kappa shape index (κ1) is 14.0. The van der Waals surface area contributed by atoms with Crippen LogP contribution in [0.5, 0.6) is 0 Å². The Morgan fingerprint density at radius 2 is 2.11 bits per heavy atom. The Labute approximate surface area is 111 Å². The van der Waals surface area contributed by atoms with Gasteiger partial charge in [-0.15, -0.1) is 11.3 Å². The first-order chi connectivity index (χ1) is 8.89. The molecule has 0 fully saturated rings. The number of aromatic nitrogens is 2. The molecule has 0 saturated carbocycles. The van der Waals surface area contributed by atoms with Crippen LogP contribution in [-0.4, -0.2) is 29.8 Å². The van der Waals surface area contributed by atoms with Crippen molar-refractivity contribution in [2.24, 2.45) is 0 Å². The van der Waals surface area contributed by atoms with E-state index in [1.807, 2.05) is 13.0 Å². The lowest BCUT2D eigenvalue weighted by molar-refractivity contribution is -0.177. The molecule has 4 nitrogen and oxygen atoms in total. The van der Waals surface area contributed by atoms with Gasteiger partial charge < -0.3 is 10.1 Å². The van der Waals surface area contributed by atoms with Gasteiger partial charge in [0.15, 0.2) is 5.82 Å². The van der Waals surface area contributed by atoms with Crippen LogP contribution in [0, 0.1) is 6.92 Å². The summed E-state index contributed by atoms with van der Waals surface area (Å²) in [5.41, 5.74) is 0. The number of fused-ring (bicyclic) bond motifs is 1. The number of nitrogens with zero attached hydrogens (tertiary/aromatic N) is 2. The van der Waals surface area contributed by atoms with Gasteiger partial charge in [0.25, 0.3) is 0 Å². The maximum absolute atomic E-state index is 12.0. The van der Waals surface area contributed by atoms with Crippen molar-refractivity contribution in [3.05, 3.63) is 16.8 Å². The van der Waals surface area contributed by atoms with Crippen molar-refractivity contribution in [2.45, 2.75) is 19.7 Å². The van der Waals surface area contributed by atoms with Crippen LogP contribution < -0.4 is 5.32 Å². The number of anilines is 1. The summed E-state index contributed by atoms with van der Waals surface area (Å²) in [7, 11) is 1.70. The van der Waals surface area contributed by atoms with Crippen LogP contribution in [0.15, 0.2) is 6.07 Å². The fourth-order valence-corrected chi connectivity index (χ4v) is 2.50. The molecule has 19 heavy (non-hydrogen) atoms. The minimum Gasteiger partial charge on any atom is -0.372 e. The summed E-state index contributed by atoms with van der Waals surface area (Å²) in [6.07, 6.45) is -4.34. The minimum absolute atomic E-state index is 0.239. The highest BCUT2D eigenvalue weighted by Gasteiger charge is 2.27. The lowest BCUT2D eigenvalue weighted by Gasteiger charge is -2.08. The number of rotatable bonds is 4. The summed E-state index contributed by atoms with van der Waals surface area (Å²) in [4.78, 5) is 10.1. The molecule has 2 aromatic heterocycles. The first-order valence-corrected chi connectivity index (χ1v) is 6.30. The molecular weight excluding hydrogens is 279 g/mol. The number of hydrogen-bond acceptors (Lipinski definition) is 5. The molecule has 0 saturated heterocycles. The van der Waals surface area contributed by atoms with Gasteiger partial charge in [-0.2, -0.15) is 13.2 Å². The third-order valence-electron chi connectivity index (χ3n) is 2.30. The molecule has 0 atom stereocenters. The van der Waals surface area contributed by atoms with Crippen LogP contribution in [0.3, 0.4) is 0 Å². The second-order valence-electron chi connectivity index (χ2n) is 3.92. The minimum atomic E-state index is -4.34. The van der Waals surface area contributed by atoms with E-state index in [-0.39, 0.29) is 12.4 Å². The van der Waals surface area contributed by atoms with Gasteiger partial charge in [0.1, 0.15) is 23.9 Å². The highest BCUT2D eigenvalue weighted by Crippen LogP contribution is 2.28. The average molecular weight is 291 g/mol. The number of nitrogens with one attached hydrogen (secondary N) is 1. The molecule has 0 unspecified atom stereocenters. The van der Waals surface area contributed by atoms with Gasteiger partial charge in [0, 0.05) is 11.9 Å². The number of alkyl halides is 3. The van der Waals surface area contributed by atoms with Crippen LogP contribution in [-0.2, 0) is 11.3 Å². The van der Waals surface area contributed by atoms with Crippen molar-refractivity contribution in [2.75, 3.05) is 19.0 Å². The molecule has 1 N–H and O–H groups in total. The van der Waals surface area contributed by atoms with Crippen molar-refractivity contribution >= 4 is 27.4 Å². The molecule has 2 heterocycles. The molecule has 2 rings (SSSR count). The lowest BCUT2D eigenvalue weighted by atomic mass is 10.3. The Hall–Kier alpha value is -1.41. The molecule has 0 aliphatic rings. The Morgan fingerprint density at radius 1 is 1.37 bits per heavy atom. The van der Waals surface area contributed by atoms with E-state index in [1.165, 1.54) is 11.3 Å². The van der Waals surface area contributed by atoms with E-state index in [4.69, 9.17) is 0 Å². The number of halogens is 3. The smallest absolute Gasteiger partial charge is 0.372 e. The molecule has 8 heteroatoms. The van der Waals surface area contributed by atoms with E-state index in [0.29, 0.717) is 5.82 Å². The maximum atomic E-state index is 12.0. The summed E-state index contributed by atoms with van der Waals surface area (Å²) in [5, 5.41) is 3.77. The second kappa shape index (κ2) is 5.30. The monoisotopic (exact) mass is 291 g/mol. The molecule has 104 valence electrons. The Kier molecular flexibility index (Phi) is 3.91. The fraction of sp³-hybridized carbons (Fsp3) is 0.455. The number of ether oxygens (including phenoxy) is 1. The third-order valence-corrected chi connectivity index (χ3v) is 3.24. The second-order valence-corrected chi connectivity index (χ2v) is 5.16. The van der Waals surface area contributed by atoms with Gasteiger partial charge in [0.05, 0.1) is 5.39 Å². The van der Waals surface area contributed by atoms with E-state index < -0.39 is 12.8 Å². The maximum Gasteiger partial charge on any atom is 0.411 e. The fourth-order valence-electron chi connectivity index (χ4n) is 1.60. The van der Waals surface area contributed by atoms with Gasteiger partial charge in [-0.05, 0) is 13.0 Å². The van der Waals surface area contributed by atoms with Crippen LogP contribution >= 0.6 is 11.3 Å². The predicted molar refractivity (Wildman–Crippen MR) is 67.4 cm³/mol. The van der Waals surface area contributed by atoms with Gasteiger partial charge in [-0.1, -0.05) is 0 Å². The standard InChI is InChI=1S/C11H12F3N3OS/c1-6-3-7-9(15-2)16-8(17-10(7)19-6)4-18-5-11(12,13)14/h3H,4-5H2,1-2H3,(H,15,16,17). The van der Waals surface area contributed by atoms with E-state index in [9.17, 15) is 13.2 Å². The predicted octanol–water partition coefficient (Wildman–Crippen LogP) is 3.12. The molecule has 0 aromatic carbocycles. The largest absolute Gasteiger partial charge is 0.411 e. The molecule has 0 radical (unpaired) electrons. The van der Waals surface area contributed by atoms with Crippen LogP contribution in [0.2, 0.25) is 0 Å².